The molecule has 0 bridgehead atoms. The van der Waals surface area contributed by atoms with Gasteiger partial charge in [-0.3, -0.25) is 14.3 Å². The second-order valence-electron chi connectivity index (χ2n) is 7.45. The maximum Gasteiger partial charge on any atom is 0.272 e. The van der Waals surface area contributed by atoms with E-state index in [0.29, 0.717) is 30.4 Å². The largest absolute Gasteiger partial charge is 0.474 e. The van der Waals surface area contributed by atoms with Gasteiger partial charge >= 0.3 is 0 Å². The highest BCUT2D eigenvalue weighted by molar-refractivity contribution is 5.93. The zero-order chi connectivity index (χ0) is 19.5. The van der Waals surface area contributed by atoms with Gasteiger partial charge in [0.05, 0.1) is 11.9 Å². The number of amides is 2. The third-order valence-electron chi connectivity index (χ3n) is 5.54. The Bertz CT molecular complexity index is 836. The number of carbonyl (C=O) groups is 2. The highest BCUT2D eigenvalue weighted by atomic mass is 16.5. The number of anilines is 1. The van der Waals surface area contributed by atoms with Gasteiger partial charge in [-0.2, -0.15) is 5.10 Å². The lowest BCUT2D eigenvalue weighted by Crippen LogP contribution is -2.42. The summed E-state index contributed by atoms with van der Waals surface area (Å²) in [5.41, 5.74) is 1.29. The fourth-order valence-electron chi connectivity index (χ4n) is 3.53. The predicted molar refractivity (Wildman–Crippen MR) is 103 cm³/mol. The second-order valence-corrected chi connectivity index (χ2v) is 7.45. The summed E-state index contributed by atoms with van der Waals surface area (Å²) in [5, 5.41) is 6.96. The van der Waals surface area contributed by atoms with Crippen LogP contribution in [0.25, 0.3) is 0 Å². The molecule has 0 aromatic carbocycles. The van der Waals surface area contributed by atoms with E-state index in [9.17, 15) is 9.59 Å². The minimum atomic E-state index is 0.00290. The zero-order valence-corrected chi connectivity index (χ0v) is 16.0. The van der Waals surface area contributed by atoms with E-state index in [4.69, 9.17) is 4.74 Å². The number of nitrogens with zero attached hydrogens (tertiary/aromatic N) is 4. The summed E-state index contributed by atoms with van der Waals surface area (Å²) in [4.78, 5) is 30.6. The molecule has 0 spiro atoms. The van der Waals surface area contributed by atoms with Crippen molar-refractivity contribution < 1.29 is 14.3 Å². The number of aryl methyl sites for hydroxylation is 1. The number of aromatic nitrogens is 3. The van der Waals surface area contributed by atoms with Gasteiger partial charge in [-0.15, -0.1) is 0 Å². The maximum absolute atomic E-state index is 12.5. The smallest absolute Gasteiger partial charge is 0.272 e. The van der Waals surface area contributed by atoms with Crippen LogP contribution in [0.3, 0.4) is 0 Å². The molecule has 1 saturated carbocycles. The average Bonchev–Trinajstić information content (AvgIpc) is 3.08. The molecule has 2 aromatic rings. The number of carbonyl (C=O) groups excluding carboxylic acids is 2. The lowest BCUT2D eigenvalue weighted by Gasteiger charge is -2.31. The van der Waals surface area contributed by atoms with Crippen molar-refractivity contribution in [1.82, 2.24) is 19.7 Å². The topological polar surface area (TPSA) is 89.4 Å². The number of piperidine rings is 1. The van der Waals surface area contributed by atoms with E-state index in [1.54, 1.807) is 36.3 Å². The van der Waals surface area contributed by atoms with E-state index < -0.39 is 0 Å². The highest BCUT2D eigenvalue weighted by Gasteiger charge is 2.27. The molecule has 0 atom stereocenters. The van der Waals surface area contributed by atoms with E-state index in [2.05, 4.69) is 15.4 Å². The first-order valence-corrected chi connectivity index (χ1v) is 9.81. The summed E-state index contributed by atoms with van der Waals surface area (Å²) in [6.07, 6.45) is 7.88. The standard InChI is InChI=1S/C20H25N5O3/c1-24-17(7-10-22-24)20(27)25-11-8-16(9-12-25)28-18-6-5-15(13-21-18)23-19(26)14-3-2-4-14/h5-7,10,13-14,16H,2-4,8-9,11-12H2,1H3,(H,23,26). The van der Waals surface area contributed by atoms with Gasteiger partial charge in [0.2, 0.25) is 11.8 Å². The lowest BCUT2D eigenvalue weighted by atomic mass is 9.85. The number of ether oxygens (including phenoxy) is 1. The fraction of sp³-hybridized carbons (Fsp3) is 0.500. The molecule has 1 aliphatic heterocycles. The van der Waals surface area contributed by atoms with Crippen LogP contribution in [-0.2, 0) is 11.8 Å². The first kappa shape index (κ1) is 18.5. The molecule has 0 radical (unpaired) electrons. The fourth-order valence-corrected chi connectivity index (χ4v) is 3.53. The first-order valence-electron chi connectivity index (χ1n) is 9.81. The number of rotatable bonds is 5. The van der Waals surface area contributed by atoms with Gasteiger partial charge in [0, 0.05) is 51.2 Å². The molecular weight excluding hydrogens is 358 g/mol. The molecular formula is C20H25N5O3. The Morgan fingerprint density at radius 2 is 1.93 bits per heavy atom. The first-order chi connectivity index (χ1) is 13.6. The number of pyridine rings is 1. The van der Waals surface area contributed by atoms with Crippen molar-refractivity contribution in [1.29, 1.82) is 0 Å². The normalized spacial score (nSPS) is 17.8. The van der Waals surface area contributed by atoms with Crippen molar-refractivity contribution in [2.24, 2.45) is 13.0 Å². The summed E-state index contributed by atoms with van der Waals surface area (Å²) in [6.45, 7) is 1.29. The number of nitrogens with one attached hydrogen (secondary N) is 1. The van der Waals surface area contributed by atoms with Crippen molar-refractivity contribution in [3.63, 3.8) is 0 Å². The summed E-state index contributed by atoms with van der Waals surface area (Å²) in [5.74, 6) is 0.767. The van der Waals surface area contributed by atoms with Crippen molar-refractivity contribution in [3.05, 3.63) is 36.3 Å². The van der Waals surface area contributed by atoms with Crippen molar-refractivity contribution in [3.8, 4) is 5.88 Å². The molecule has 1 aliphatic carbocycles. The van der Waals surface area contributed by atoms with Crippen LogP contribution in [0.2, 0.25) is 0 Å². The Morgan fingerprint density at radius 1 is 1.14 bits per heavy atom. The van der Waals surface area contributed by atoms with E-state index >= 15 is 0 Å². The molecule has 8 nitrogen and oxygen atoms in total. The van der Waals surface area contributed by atoms with E-state index in [0.717, 1.165) is 32.1 Å². The molecule has 1 N–H and O–H groups in total. The zero-order valence-electron chi connectivity index (χ0n) is 16.0. The van der Waals surface area contributed by atoms with Crippen LogP contribution in [0.1, 0.15) is 42.6 Å². The molecule has 1 saturated heterocycles. The van der Waals surface area contributed by atoms with E-state index in [1.807, 2.05) is 11.0 Å². The molecule has 3 heterocycles. The maximum atomic E-state index is 12.5. The number of likely N-dealkylation sites (tertiary alicyclic amines) is 1. The van der Waals surface area contributed by atoms with E-state index in [1.165, 1.54) is 0 Å². The van der Waals surface area contributed by atoms with Gasteiger partial charge in [-0.25, -0.2) is 4.98 Å². The molecule has 2 aromatic heterocycles. The SMILES string of the molecule is Cn1nccc1C(=O)N1CCC(Oc2ccc(NC(=O)C3CCC3)cn2)CC1. The third kappa shape index (κ3) is 4.00. The molecule has 28 heavy (non-hydrogen) atoms. The molecule has 0 unspecified atom stereocenters. The van der Waals surface area contributed by atoms with Crippen molar-refractivity contribution in [2.45, 2.75) is 38.2 Å². The van der Waals surface area contributed by atoms with Crippen LogP contribution in [-0.4, -0.2) is 50.7 Å². The Kier molecular flexibility index (Phi) is 5.27. The minimum Gasteiger partial charge on any atom is -0.474 e. The molecule has 8 heteroatoms. The highest BCUT2D eigenvalue weighted by Crippen LogP contribution is 2.27. The molecule has 148 valence electrons. The van der Waals surface area contributed by atoms with Crippen LogP contribution < -0.4 is 10.1 Å². The van der Waals surface area contributed by atoms with Crippen LogP contribution in [0.15, 0.2) is 30.6 Å². The number of hydrogen-bond acceptors (Lipinski definition) is 5. The number of hydrogen-bond donors (Lipinski definition) is 1. The van der Waals surface area contributed by atoms with E-state index in [-0.39, 0.29) is 23.8 Å². The Balaban J connectivity index is 1.26. The summed E-state index contributed by atoms with van der Waals surface area (Å²) in [7, 11) is 1.77. The Morgan fingerprint density at radius 3 is 2.50 bits per heavy atom. The van der Waals surface area contributed by atoms with Crippen LogP contribution in [0, 0.1) is 5.92 Å². The van der Waals surface area contributed by atoms with Gasteiger partial charge in [-0.05, 0) is 25.0 Å². The van der Waals surface area contributed by atoms with Gasteiger partial charge in [-0.1, -0.05) is 6.42 Å². The second kappa shape index (κ2) is 8.00. The summed E-state index contributed by atoms with van der Waals surface area (Å²) in [6, 6.07) is 5.34. The monoisotopic (exact) mass is 383 g/mol. The quantitative estimate of drug-likeness (QED) is 0.855. The van der Waals surface area contributed by atoms with Crippen molar-refractivity contribution in [2.75, 3.05) is 18.4 Å². The van der Waals surface area contributed by atoms with Gasteiger partial charge in [0.25, 0.3) is 5.91 Å². The third-order valence-corrected chi connectivity index (χ3v) is 5.54. The minimum absolute atomic E-state index is 0.00290. The predicted octanol–water partition coefficient (Wildman–Crippen LogP) is 2.24. The molecule has 2 amide bonds. The molecule has 2 aliphatic rings. The Labute approximate surface area is 163 Å². The van der Waals surface area contributed by atoms with Crippen LogP contribution in [0.5, 0.6) is 5.88 Å². The molecule has 4 rings (SSSR count). The molecule has 2 fully saturated rings. The summed E-state index contributed by atoms with van der Waals surface area (Å²) >= 11 is 0. The van der Waals surface area contributed by atoms with Gasteiger partial charge in [0.1, 0.15) is 11.8 Å². The van der Waals surface area contributed by atoms with Gasteiger partial charge in [0.15, 0.2) is 0 Å². The van der Waals surface area contributed by atoms with Crippen molar-refractivity contribution >= 4 is 17.5 Å². The Hall–Kier alpha value is -2.90. The lowest BCUT2D eigenvalue weighted by molar-refractivity contribution is -0.122. The van der Waals surface area contributed by atoms with Crippen LogP contribution >= 0.6 is 0 Å². The summed E-state index contributed by atoms with van der Waals surface area (Å²) < 4.78 is 7.56. The average molecular weight is 383 g/mol. The van der Waals surface area contributed by atoms with Gasteiger partial charge < -0.3 is 15.0 Å². The van der Waals surface area contributed by atoms with Crippen LogP contribution in [0.4, 0.5) is 5.69 Å².